The standard InChI is InChI=1S/C15H23N/c1-11-7-13(10-15(2,3)9-11)12-5-4-6-14(16)8-12/h4-6,8,11,13H,7,9-10,16H2,1-3H3. The maximum Gasteiger partial charge on any atom is 0.0316 e. The van der Waals surface area contributed by atoms with Gasteiger partial charge in [0.2, 0.25) is 0 Å². The Morgan fingerprint density at radius 1 is 1.25 bits per heavy atom. The summed E-state index contributed by atoms with van der Waals surface area (Å²) in [6.45, 7) is 7.16. The van der Waals surface area contributed by atoms with E-state index in [0.29, 0.717) is 11.3 Å². The van der Waals surface area contributed by atoms with Crippen molar-refractivity contribution in [2.24, 2.45) is 11.3 Å². The van der Waals surface area contributed by atoms with Gasteiger partial charge in [-0.2, -0.15) is 0 Å². The summed E-state index contributed by atoms with van der Waals surface area (Å²) >= 11 is 0. The van der Waals surface area contributed by atoms with Crippen LogP contribution in [-0.2, 0) is 0 Å². The third kappa shape index (κ3) is 2.58. The molecular formula is C15H23N. The van der Waals surface area contributed by atoms with E-state index in [-0.39, 0.29) is 0 Å². The van der Waals surface area contributed by atoms with Gasteiger partial charge < -0.3 is 5.73 Å². The summed E-state index contributed by atoms with van der Waals surface area (Å²) in [5, 5.41) is 0. The van der Waals surface area contributed by atoms with Gasteiger partial charge in [-0.25, -0.2) is 0 Å². The van der Waals surface area contributed by atoms with Crippen molar-refractivity contribution >= 4 is 5.69 Å². The van der Waals surface area contributed by atoms with E-state index in [1.165, 1.54) is 24.8 Å². The van der Waals surface area contributed by atoms with Crippen molar-refractivity contribution in [1.82, 2.24) is 0 Å². The second-order valence-electron chi connectivity index (χ2n) is 6.28. The highest BCUT2D eigenvalue weighted by Crippen LogP contribution is 2.46. The van der Waals surface area contributed by atoms with E-state index >= 15 is 0 Å². The zero-order valence-electron chi connectivity index (χ0n) is 10.7. The van der Waals surface area contributed by atoms with Crippen LogP contribution >= 0.6 is 0 Å². The van der Waals surface area contributed by atoms with Crippen LogP contribution in [0.4, 0.5) is 5.69 Å². The first-order valence-corrected chi connectivity index (χ1v) is 6.32. The van der Waals surface area contributed by atoms with Crippen LogP contribution in [0.3, 0.4) is 0 Å². The number of nitrogen functional groups attached to an aromatic ring is 1. The predicted octanol–water partition coefficient (Wildman–Crippen LogP) is 4.20. The summed E-state index contributed by atoms with van der Waals surface area (Å²) in [6.07, 6.45) is 3.96. The van der Waals surface area contributed by atoms with E-state index in [9.17, 15) is 0 Å². The Labute approximate surface area is 99.0 Å². The number of rotatable bonds is 1. The average Bonchev–Trinajstić information content (AvgIpc) is 2.14. The first kappa shape index (κ1) is 11.5. The predicted molar refractivity (Wildman–Crippen MR) is 70.4 cm³/mol. The Morgan fingerprint density at radius 3 is 2.62 bits per heavy atom. The van der Waals surface area contributed by atoms with Gasteiger partial charge in [-0.3, -0.25) is 0 Å². The van der Waals surface area contributed by atoms with E-state index in [1.54, 1.807) is 0 Å². The molecule has 0 heterocycles. The third-order valence-electron chi connectivity index (χ3n) is 3.77. The lowest BCUT2D eigenvalue weighted by atomic mass is 9.66. The molecule has 88 valence electrons. The molecule has 1 nitrogen and oxygen atoms in total. The molecule has 0 aromatic heterocycles. The summed E-state index contributed by atoms with van der Waals surface area (Å²) in [7, 11) is 0. The molecule has 1 aromatic carbocycles. The van der Waals surface area contributed by atoms with E-state index in [4.69, 9.17) is 5.73 Å². The summed E-state index contributed by atoms with van der Waals surface area (Å²) in [5.41, 5.74) is 8.67. The largest absolute Gasteiger partial charge is 0.399 e. The van der Waals surface area contributed by atoms with Crippen LogP contribution in [-0.4, -0.2) is 0 Å². The van der Waals surface area contributed by atoms with Crippen molar-refractivity contribution in [2.75, 3.05) is 5.73 Å². The Kier molecular flexibility index (Phi) is 2.96. The van der Waals surface area contributed by atoms with Gasteiger partial charge >= 0.3 is 0 Å². The first-order valence-electron chi connectivity index (χ1n) is 6.32. The average molecular weight is 217 g/mol. The van der Waals surface area contributed by atoms with Crippen LogP contribution in [0, 0.1) is 11.3 Å². The molecule has 1 fully saturated rings. The molecule has 2 N–H and O–H groups in total. The lowest BCUT2D eigenvalue weighted by Gasteiger charge is -2.39. The van der Waals surface area contributed by atoms with E-state index in [0.717, 1.165) is 11.6 Å². The molecule has 2 rings (SSSR count). The fraction of sp³-hybridized carbons (Fsp3) is 0.600. The van der Waals surface area contributed by atoms with Gasteiger partial charge in [-0.15, -0.1) is 0 Å². The number of hydrogen-bond donors (Lipinski definition) is 1. The molecule has 2 atom stereocenters. The lowest BCUT2D eigenvalue weighted by Crippen LogP contribution is -2.26. The highest BCUT2D eigenvalue weighted by molar-refractivity contribution is 5.42. The molecule has 1 aliphatic carbocycles. The molecular weight excluding hydrogens is 194 g/mol. The molecule has 1 aliphatic rings. The zero-order chi connectivity index (χ0) is 11.8. The summed E-state index contributed by atoms with van der Waals surface area (Å²) in [6, 6.07) is 8.44. The number of benzene rings is 1. The number of hydrogen-bond acceptors (Lipinski definition) is 1. The fourth-order valence-corrected chi connectivity index (χ4v) is 3.41. The Hall–Kier alpha value is -0.980. The summed E-state index contributed by atoms with van der Waals surface area (Å²) in [5.74, 6) is 1.53. The maximum absolute atomic E-state index is 5.87. The quantitative estimate of drug-likeness (QED) is 0.701. The number of anilines is 1. The normalized spacial score (nSPS) is 28.9. The van der Waals surface area contributed by atoms with Gasteiger partial charge in [-0.1, -0.05) is 32.9 Å². The zero-order valence-corrected chi connectivity index (χ0v) is 10.7. The molecule has 1 saturated carbocycles. The van der Waals surface area contributed by atoms with Crippen molar-refractivity contribution in [1.29, 1.82) is 0 Å². The molecule has 0 spiro atoms. The van der Waals surface area contributed by atoms with Gasteiger partial charge in [0.25, 0.3) is 0 Å². The molecule has 0 radical (unpaired) electrons. The van der Waals surface area contributed by atoms with Gasteiger partial charge in [0.1, 0.15) is 0 Å². The minimum Gasteiger partial charge on any atom is -0.399 e. The van der Waals surface area contributed by atoms with Crippen molar-refractivity contribution < 1.29 is 0 Å². The molecule has 0 bridgehead atoms. The van der Waals surface area contributed by atoms with Crippen LogP contribution in [0.25, 0.3) is 0 Å². The molecule has 0 amide bonds. The molecule has 1 heteroatoms. The molecule has 0 aliphatic heterocycles. The highest BCUT2D eigenvalue weighted by Gasteiger charge is 2.32. The van der Waals surface area contributed by atoms with Crippen molar-refractivity contribution in [3.05, 3.63) is 29.8 Å². The number of nitrogens with two attached hydrogens (primary N) is 1. The fourth-order valence-electron chi connectivity index (χ4n) is 3.41. The monoisotopic (exact) mass is 217 g/mol. The minimum atomic E-state index is 0.479. The van der Waals surface area contributed by atoms with Crippen LogP contribution in [0.2, 0.25) is 0 Å². The first-order chi connectivity index (χ1) is 7.46. The Balaban J connectivity index is 2.21. The Morgan fingerprint density at radius 2 is 2.00 bits per heavy atom. The van der Waals surface area contributed by atoms with Gasteiger partial charge in [0.15, 0.2) is 0 Å². The molecule has 0 saturated heterocycles. The van der Waals surface area contributed by atoms with Crippen molar-refractivity contribution in [2.45, 2.75) is 46.0 Å². The Bertz CT molecular complexity index is 367. The lowest BCUT2D eigenvalue weighted by molar-refractivity contribution is 0.168. The van der Waals surface area contributed by atoms with Crippen molar-refractivity contribution in [3.8, 4) is 0 Å². The van der Waals surface area contributed by atoms with Gasteiger partial charge in [-0.05, 0) is 54.2 Å². The van der Waals surface area contributed by atoms with E-state index in [1.807, 2.05) is 6.07 Å². The minimum absolute atomic E-state index is 0.479. The second kappa shape index (κ2) is 4.12. The summed E-state index contributed by atoms with van der Waals surface area (Å²) < 4.78 is 0. The third-order valence-corrected chi connectivity index (χ3v) is 3.77. The van der Waals surface area contributed by atoms with E-state index < -0.39 is 0 Å². The molecule has 16 heavy (non-hydrogen) atoms. The highest BCUT2D eigenvalue weighted by atomic mass is 14.5. The van der Waals surface area contributed by atoms with Crippen LogP contribution in [0.5, 0.6) is 0 Å². The van der Waals surface area contributed by atoms with Crippen LogP contribution in [0.15, 0.2) is 24.3 Å². The van der Waals surface area contributed by atoms with Crippen LogP contribution < -0.4 is 5.73 Å². The van der Waals surface area contributed by atoms with E-state index in [2.05, 4.69) is 39.0 Å². The van der Waals surface area contributed by atoms with Crippen molar-refractivity contribution in [3.63, 3.8) is 0 Å². The summed E-state index contributed by atoms with van der Waals surface area (Å²) in [4.78, 5) is 0. The van der Waals surface area contributed by atoms with Gasteiger partial charge in [0, 0.05) is 5.69 Å². The second-order valence-corrected chi connectivity index (χ2v) is 6.28. The SMILES string of the molecule is CC1CC(c2cccc(N)c2)CC(C)(C)C1. The smallest absolute Gasteiger partial charge is 0.0316 e. The molecule has 2 unspecified atom stereocenters. The molecule has 1 aromatic rings. The topological polar surface area (TPSA) is 26.0 Å². The van der Waals surface area contributed by atoms with Gasteiger partial charge in [0.05, 0.1) is 0 Å². The van der Waals surface area contributed by atoms with Crippen LogP contribution in [0.1, 0.15) is 51.5 Å². The maximum atomic E-state index is 5.87.